The van der Waals surface area contributed by atoms with Gasteiger partial charge in [-0.2, -0.15) is 0 Å². The van der Waals surface area contributed by atoms with Crippen LogP contribution >= 0.6 is 11.6 Å². The summed E-state index contributed by atoms with van der Waals surface area (Å²) in [5, 5.41) is 3.34. The zero-order valence-electron chi connectivity index (χ0n) is 18.2. The van der Waals surface area contributed by atoms with Crippen molar-refractivity contribution < 1.29 is 19.1 Å². The first-order chi connectivity index (χ1) is 15.1. The first-order valence-corrected chi connectivity index (χ1v) is 12.2. The van der Waals surface area contributed by atoms with E-state index in [1.165, 1.54) is 12.8 Å². The molecule has 0 radical (unpaired) electrons. The van der Waals surface area contributed by atoms with Crippen molar-refractivity contribution >= 4 is 23.4 Å². The number of halogens is 1. The van der Waals surface area contributed by atoms with Crippen molar-refractivity contribution in [2.24, 2.45) is 0 Å². The van der Waals surface area contributed by atoms with E-state index in [1.54, 1.807) is 4.90 Å². The van der Waals surface area contributed by atoms with Gasteiger partial charge in [-0.05, 0) is 43.4 Å². The summed E-state index contributed by atoms with van der Waals surface area (Å²) in [7, 11) is 0. The van der Waals surface area contributed by atoms with E-state index in [0.717, 1.165) is 50.5 Å². The summed E-state index contributed by atoms with van der Waals surface area (Å²) >= 11 is 6.04. The minimum atomic E-state index is -0.840. The fourth-order valence-electron chi connectivity index (χ4n) is 5.27. The van der Waals surface area contributed by atoms with Crippen molar-refractivity contribution in [2.75, 3.05) is 12.7 Å². The summed E-state index contributed by atoms with van der Waals surface area (Å²) in [5.74, 6) is 1.05. The normalized spacial score (nSPS) is 20.7. The van der Waals surface area contributed by atoms with E-state index in [-0.39, 0.29) is 30.5 Å². The molecule has 31 heavy (non-hydrogen) atoms. The van der Waals surface area contributed by atoms with Gasteiger partial charge in [-0.3, -0.25) is 9.59 Å². The number of hydrogen-bond donors (Lipinski definition) is 1. The van der Waals surface area contributed by atoms with Gasteiger partial charge in [0.2, 0.25) is 18.6 Å². The molecule has 0 saturated heterocycles. The summed E-state index contributed by atoms with van der Waals surface area (Å²) in [6.07, 6.45) is 11.1. The molecule has 2 saturated carbocycles. The molecule has 0 atom stereocenters. The van der Waals surface area contributed by atoms with Crippen molar-refractivity contribution in [1.29, 1.82) is 0 Å². The lowest BCUT2D eigenvalue weighted by molar-refractivity contribution is -0.150. The largest absolute Gasteiger partial charge is 0.454 e. The van der Waals surface area contributed by atoms with Gasteiger partial charge in [0.15, 0.2) is 11.5 Å². The zero-order chi connectivity index (χ0) is 21.7. The lowest BCUT2D eigenvalue weighted by Gasteiger charge is -2.45. The highest BCUT2D eigenvalue weighted by atomic mass is 35.5. The first kappa shape index (κ1) is 22.3. The van der Waals surface area contributed by atoms with Crippen molar-refractivity contribution in [3.63, 3.8) is 0 Å². The fourth-order valence-corrected chi connectivity index (χ4v) is 5.42. The van der Waals surface area contributed by atoms with E-state index in [0.29, 0.717) is 30.9 Å². The number of alkyl halides is 1. The Kier molecular flexibility index (Phi) is 7.26. The van der Waals surface area contributed by atoms with Crippen molar-refractivity contribution in [3.8, 4) is 11.5 Å². The number of amides is 2. The maximum absolute atomic E-state index is 13.7. The zero-order valence-corrected chi connectivity index (χ0v) is 18.9. The molecule has 3 aliphatic rings. The van der Waals surface area contributed by atoms with Crippen molar-refractivity contribution in [1.82, 2.24) is 10.2 Å². The van der Waals surface area contributed by atoms with Gasteiger partial charge in [-0.25, -0.2) is 0 Å². The maximum atomic E-state index is 13.7. The summed E-state index contributed by atoms with van der Waals surface area (Å²) in [6, 6.07) is 5.89. The predicted octanol–water partition coefficient (Wildman–Crippen LogP) is 4.52. The molecule has 1 heterocycles. The minimum Gasteiger partial charge on any atom is -0.454 e. The number of nitrogens with zero attached hydrogens (tertiary/aromatic N) is 1. The molecule has 1 aromatic rings. The van der Waals surface area contributed by atoms with E-state index in [9.17, 15) is 9.59 Å². The molecule has 4 rings (SSSR count). The van der Waals surface area contributed by atoms with E-state index in [2.05, 4.69) is 5.32 Å². The first-order valence-electron chi connectivity index (χ1n) is 11.7. The number of rotatable bonds is 6. The highest BCUT2D eigenvalue weighted by Crippen LogP contribution is 2.38. The van der Waals surface area contributed by atoms with Crippen LogP contribution in [0.15, 0.2) is 18.2 Å². The Bertz CT molecular complexity index is 786. The summed E-state index contributed by atoms with van der Waals surface area (Å²) < 4.78 is 10.9. The van der Waals surface area contributed by atoms with Crippen LogP contribution in [0.1, 0.15) is 76.2 Å². The second kappa shape index (κ2) is 10.1. The Morgan fingerprint density at radius 1 is 1.00 bits per heavy atom. The van der Waals surface area contributed by atoms with Gasteiger partial charge in [0.05, 0.1) is 0 Å². The molecule has 2 amide bonds. The SMILES string of the molecule is O=C(CCl)N(Cc1ccc2c(c1)OCO2)C1(C(=O)NC2CCCCCC2)CCCCC1. The summed E-state index contributed by atoms with van der Waals surface area (Å²) in [6.45, 7) is 0.539. The molecule has 7 heteroatoms. The van der Waals surface area contributed by atoms with Crippen LogP contribution in [0.3, 0.4) is 0 Å². The number of hydrogen-bond acceptors (Lipinski definition) is 4. The second-order valence-corrected chi connectivity index (χ2v) is 9.32. The van der Waals surface area contributed by atoms with Crippen LogP contribution in [0.25, 0.3) is 0 Å². The summed E-state index contributed by atoms with van der Waals surface area (Å²) in [4.78, 5) is 28.6. The number of ether oxygens (including phenoxy) is 2. The molecule has 1 N–H and O–H groups in total. The number of carbonyl (C=O) groups excluding carboxylic acids is 2. The Balaban J connectivity index is 1.59. The molecule has 2 fully saturated rings. The molecule has 2 aliphatic carbocycles. The van der Waals surface area contributed by atoms with Crippen LogP contribution in [-0.2, 0) is 16.1 Å². The molecular formula is C24H33ClN2O4. The van der Waals surface area contributed by atoms with Gasteiger partial charge in [0.25, 0.3) is 0 Å². The molecule has 0 unspecified atom stereocenters. The topological polar surface area (TPSA) is 67.9 Å². The van der Waals surface area contributed by atoms with Crippen LogP contribution in [-0.4, -0.2) is 41.0 Å². The third-order valence-corrected chi connectivity index (χ3v) is 7.23. The molecule has 1 aliphatic heterocycles. The van der Waals surface area contributed by atoms with Gasteiger partial charge in [-0.15, -0.1) is 11.6 Å². The standard InChI is InChI=1S/C24H33ClN2O4/c25-15-22(28)27(16-18-10-11-20-21(14-18)31-17-30-20)24(12-6-3-7-13-24)23(29)26-19-8-4-1-2-5-9-19/h10-11,14,19H,1-9,12-13,15-17H2,(H,26,29). The molecule has 0 spiro atoms. The monoisotopic (exact) mass is 448 g/mol. The number of fused-ring (bicyclic) bond motifs is 1. The van der Waals surface area contributed by atoms with E-state index in [4.69, 9.17) is 21.1 Å². The lowest BCUT2D eigenvalue weighted by atomic mass is 9.78. The summed E-state index contributed by atoms with van der Waals surface area (Å²) in [5.41, 5.74) is 0.0716. The quantitative estimate of drug-likeness (QED) is 0.513. The average Bonchev–Trinajstić information content (AvgIpc) is 3.12. The van der Waals surface area contributed by atoms with Crippen LogP contribution in [0, 0.1) is 0 Å². The Hall–Kier alpha value is -1.95. The minimum absolute atomic E-state index is 0.00156. The number of carbonyl (C=O) groups is 2. The van der Waals surface area contributed by atoms with Crippen LogP contribution < -0.4 is 14.8 Å². The van der Waals surface area contributed by atoms with Crippen LogP contribution in [0.5, 0.6) is 11.5 Å². The van der Waals surface area contributed by atoms with Gasteiger partial charge in [-0.1, -0.05) is 51.0 Å². The smallest absolute Gasteiger partial charge is 0.246 e. The maximum Gasteiger partial charge on any atom is 0.246 e. The second-order valence-electron chi connectivity index (χ2n) is 9.06. The third-order valence-electron chi connectivity index (χ3n) is 7.00. The highest BCUT2D eigenvalue weighted by Gasteiger charge is 2.47. The highest BCUT2D eigenvalue weighted by molar-refractivity contribution is 6.27. The van der Waals surface area contributed by atoms with E-state index in [1.807, 2.05) is 18.2 Å². The van der Waals surface area contributed by atoms with Crippen LogP contribution in [0.2, 0.25) is 0 Å². The Morgan fingerprint density at radius 2 is 1.68 bits per heavy atom. The average molecular weight is 449 g/mol. The lowest BCUT2D eigenvalue weighted by Crippen LogP contribution is -2.62. The molecular weight excluding hydrogens is 416 g/mol. The number of benzene rings is 1. The van der Waals surface area contributed by atoms with Gasteiger partial charge >= 0.3 is 0 Å². The Morgan fingerprint density at radius 3 is 2.39 bits per heavy atom. The predicted molar refractivity (Wildman–Crippen MR) is 119 cm³/mol. The Labute approximate surface area is 189 Å². The molecule has 1 aromatic carbocycles. The van der Waals surface area contributed by atoms with Crippen LogP contribution in [0.4, 0.5) is 0 Å². The molecule has 170 valence electrons. The molecule has 6 nitrogen and oxygen atoms in total. The van der Waals surface area contributed by atoms with Crippen molar-refractivity contribution in [2.45, 2.75) is 88.8 Å². The number of nitrogens with one attached hydrogen (secondary N) is 1. The van der Waals surface area contributed by atoms with E-state index >= 15 is 0 Å². The third kappa shape index (κ3) is 4.94. The molecule has 0 bridgehead atoms. The van der Waals surface area contributed by atoms with Crippen molar-refractivity contribution in [3.05, 3.63) is 23.8 Å². The van der Waals surface area contributed by atoms with Gasteiger partial charge < -0.3 is 19.7 Å². The fraction of sp³-hybridized carbons (Fsp3) is 0.667. The van der Waals surface area contributed by atoms with Gasteiger partial charge in [0.1, 0.15) is 11.4 Å². The molecule has 0 aromatic heterocycles. The van der Waals surface area contributed by atoms with E-state index < -0.39 is 5.54 Å². The van der Waals surface area contributed by atoms with Gasteiger partial charge in [0, 0.05) is 12.6 Å².